The van der Waals surface area contributed by atoms with Crippen LogP contribution in [0.15, 0.2) is 24.3 Å². The summed E-state index contributed by atoms with van der Waals surface area (Å²) < 4.78 is 5.44. The first-order chi connectivity index (χ1) is 9.89. The molecule has 0 aliphatic carbocycles. The molecule has 3 nitrogen and oxygen atoms in total. The van der Waals surface area contributed by atoms with Gasteiger partial charge in [0.2, 0.25) is 0 Å². The fourth-order valence-corrected chi connectivity index (χ4v) is 2.79. The molecule has 1 aliphatic rings. The van der Waals surface area contributed by atoms with E-state index in [1.54, 1.807) is 0 Å². The van der Waals surface area contributed by atoms with Crippen LogP contribution in [0, 0.1) is 0 Å². The summed E-state index contributed by atoms with van der Waals surface area (Å²) in [6, 6.07) is 8.86. The molecule has 1 amide bonds. The van der Waals surface area contributed by atoms with Crippen molar-refractivity contribution in [3.05, 3.63) is 35.4 Å². The lowest BCUT2D eigenvalue weighted by molar-refractivity contribution is 0.0205. The van der Waals surface area contributed by atoms with Gasteiger partial charge in [0.1, 0.15) is 5.60 Å². The van der Waals surface area contributed by atoms with Crippen LogP contribution < -0.4 is 0 Å². The van der Waals surface area contributed by atoms with Gasteiger partial charge in [-0.1, -0.05) is 31.2 Å². The molecule has 1 aliphatic heterocycles. The second kappa shape index (κ2) is 6.50. The van der Waals surface area contributed by atoms with Crippen molar-refractivity contribution < 1.29 is 9.53 Å². The molecule has 21 heavy (non-hydrogen) atoms. The Bertz CT molecular complexity index is 482. The minimum Gasteiger partial charge on any atom is -0.444 e. The summed E-state index contributed by atoms with van der Waals surface area (Å²) in [6.07, 6.45) is 2.94. The Hall–Kier alpha value is -1.51. The molecule has 1 saturated heterocycles. The van der Waals surface area contributed by atoms with E-state index >= 15 is 0 Å². The zero-order valence-electron chi connectivity index (χ0n) is 13.7. The third-order valence-electron chi connectivity index (χ3n) is 3.98. The number of nitrogens with zero attached hydrogens (tertiary/aromatic N) is 1. The first-order valence-electron chi connectivity index (χ1n) is 7.96. The lowest BCUT2D eigenvalue weighted by atomic mass is 9.88. The standard InChI is InChI=1S/C18H27NO2/c1-5-14-7-6-8-16(13-14)15-9-11-19(12-10-15)17(20)21-18(2,3)4/h6-8,13,15H,5,9-12H2,1-4H3. The summed E-state index contributed by atoms with van der Waals surface area (Å²) in [5, 5.41) is 0. The van der Waals surface area contributed by atoms with Gasteiger partial charge in [0.15, 0.2) is 0 Å². The molecule has 0 saturated carbocycles. The maximum atomic E-state index is 12.1. The van der Waals surface area contributed by atoms with Crippen molar-refractivity contribution in [1.82, 2.24) is 4.90 Å². The van der Waals surface area contributed by atoms with E-state index in [4.69, 9.17) is 4.74 Å². The zero-order chi connectivity index (χ0) is 15.5. The number of carbonyl (C=O) groups is 1. The van der Waals surface area contributed by atoms with Crippen molar-refractivity contribution in [2.75, 3.05) is 13.1 Å². The van der Waals surface area contributed by atoms with Crippen molar-refractivity contribution in [3.8, 4) is 0 Å². The number of hydrogen-bond acceptors (Lipinski definition) is 2. The Morgan fingerprint density at radius 3 is 2.52 bits per heavy atom. The molecule has 1 aromatic carbocycles. The van der Waals surface area contributed by atoms with Gasteiger partial charge in [0, 0.05) is 13.1 Å². The molecule has 1 aromatic rings. The lowest BCUT2D eigenvalue weighted by Gasteiger charge is -2.33. The van der Waals surface area contributed by atoms with E-state index in [-0.39, 0.29) is 6.09 Å². The van der Waals surface area contributed by atoms with Crippen molar-refractivity contribution >= 4 is 6.09 Å². The number of amides is 1. The highest BCUT2D eigenvalue weighted by molar-refractivity contribution is 5.68. The number of likely N-dealkylation sites (tertiary alicyclic amines) is 1. The van der Waals surface area contributed by atoms with Crippen LogP contribution in [0.3, 0.4) is 0 Å². The van der Waals surface area contributed by atoms with E-state index in [2.05, 4.69) is 31.2 Å². The van der Waals surface area contributed by atoms with Crippen LogP contribution in [-0.2, 0) is 11.2 Å². The summed E-state index contributed by atoms with van der Waals surface area (Å²) in [4.78, 5) is 13.9. The fraction of sp³-hybridized carbons (Fsp3) is 0.611. The van der Waals surface area contributed by atoms with E-state index in [0.717, 1.165) is 32.4 Å². The molecule has 0 spiro atoms. The highest BCUT2D eigenvalue weighted by Gasteiger charge is 2.27. The van der Waals surface area contributed by atoms with Gasteiger partial charge in [-0.25, -0.2) is 4.79 Å². The number of ether oxygens (including phenoxy) is 1. The first kappa shape index (κ1) is 15.9. The van der Waals surface area contributed by atoms with Crippen LogP contribution in [0.1, 0.15) is 57.6 Å². The molecular formula is C18H27NO2. The summed E-state index contributed by atoms with van der Waals surface area (Å²) in [5.41, 5.74) is 2.39. The van der Waals surface area contributed by atoms with E-state index in [9.17, 15) is 4.79 Å². The molecule has 1 fully saturated rings. The lowest BCUT2D eigenvalue weighted by Crippen LogP contribution is -2.41. The summed E-state index contributed by atoms with van der Waals surface area (Å²) >= 11 is 0. The second-order valence-corrected chi connectivity index (χ2v) is 6.84. The third kappa shape index (κ3) is 4.48. The van der Waals surface area contributed by atoms with Gasteiger partial charge >= 0.3 is 6.09 Å². The molecule has 0 N–H and O–H groups in total. The maximum absolute atomic E-state index is 12.1. The van der Waals surface area contributed by atoms with Crippen molar-refractivity contribution in [2.45, 2.75) is 58.5 Å². The number of benzene rings is 1. The molecule has 0 atom stereocenters. The van der Waals surface area contributed by atoms with Crippen LogP contribution in [0.25, 0.3) is 0 Å². The Balaban J connectivity index is 1.92. The van der Waals surface area contributed by atoms with Gasteiger partial charge in [-0.2, -0.15) is 0 Å². The predicted molar refractivity (Wildman–Crippen MR) is 85.6 cm³/mol. The summed E-state index contributed by atoms with van der Waals surface area (Å²) in [6.45, 7) is 9.49. The molecular weight excluding hydrogens is 262 g/mol. The van der Waals surface area contributed by atoms with Crippen molar-refractivity contribution in [3.63, 3.8) is 0 Å². The SMILES string of the molecule is CCc1cccc(C2CCN(C(=O)OC(C)(C)C)CC2)c1. The smallest absolute Gasteiger partial charge is 0.410 e. The van der Waals surface area contributed by atoms with Gasteiger partial charge in [0.05, 0.1) is 0 Å². The fourth-order valence-electron chi connectivity index (χ4n) is 2.79. The zero-order valence-corrected chi connectivity index (χ0v) is 13.7. The Morgan fingerprint density at radius 2 is 1.95 bits per heavy atom. The van der Waals surface area contributed by atoms with Crippen LogP contribution >= 0.6 is 0 Å². The minimum atomic E-state index is -0.413. The Labute approximate surface area is 128 Å². The van der Waals surface area contributed by atoms with Crippen molar-refractivity contribution in [2.24, 2.45) is 0 Å². The molecule has 0 aromatic heterocycles. The Kier molecular flexibility index (Phi) is 4.92. The minimum absolute atomic E-state index is 0.178. The van der Waals surface area contributed by atoms with Crippen molar-refractivity contribution in [1.29, 1.82) is 0 Å². The molecule has 2 rings (SSSR count). The Morgan fingerprint density at radius 1 is 1.29 bits per heavy atom. The summed E-state index contributed by atoms with van der Waals surface area (Å²) in [7, 11) is 0. The van der Waals surface area contributed by atoms with Gasteiger partial charge in [-0.15, -0.1) is 0 Å². The average molecular weight is 289 g/mol. The molecule has 0 unspecified atom stereocenters. The number of aryl methyl sites for hydroxylation is 1. The normalized spacial score (nSPS) is 16.9. The maximum Gasteiger partial charge on any atom is 0.410 e. The quantitative estimate of drug-likeness (QED) is 0.809. The number of carbonyl (C=O) groups excluding carboxylic acids is 1. The van der Waals surface area contributed by atoms with Gasteiger partial charge < -0.3 is 9.64 Å². The molecule has 1 heterocycles. The van der Waals surface area contributed by atoms with Gasteiger partial charge in [-0.05, 0) is 57.1 Å². The monoisotopic (exact) mass is 289 g/mol. The van der Waals surface area contributed by atoms with Crippen LogP contribution in [0.5, 0.6) is 0 Å². The number of hydrogen-bond donors (Lipinski definition) is 0. The van der Waals surface area contributed by atoms with Gasteiger partial charge in [0.25, 0.3) is 0 Å². The number of rotatable bonds is 2. The average Bonchev–Trinajstić information content (AvgIpc) is 2.46. The van der Waals surface area contributed by atoms with Crippen LogP contribution in [-0.4, -0.2) is 29.7 Å². The van der Waals surface area contributed by atoms with E-state index < -0.39 is 5.60 Å². The van der Waals surface area contributed by atoms with Crippen LogP contribution in [0.2, 0.25) is 0 Å². The van der Waals surface area contributed by atoms with Gasteiger partial charge in [-0.3, -0.25) is 0 Å². The predicted octanol–water partition coefficient (Wildman–Crippen LogP) is 4.36. The first-order valence-corrected chi connectivity index (χ1v) is 7.96. The molecule has 0 radical (unpaired) electrons. The second-order valence-electron chi connectivity index (χ2n) is 6.84. The highest BCUT2D eigenvalue weighted by Crippen LogP contribution is 2.29. The topological polar surface area (TPSA) is 29.5 Å². The molecule has 0 bridgehead atoms. The highest BCUT2D eigenvalue weighted by atomic mass is 16.6. The van der Waals surface area contributed by atoms with E-state index in [1.165, 1.54) is 11.1 Å². The van der Waals surface area contributed by atoms with E-state index in [1.807, 2.05) is 25.7 Å². The summed E-state index contributed by atoms with van der Waals surface area (Å²) in [5.74, 6) is 0.565. The third-order valence-corrected chi connectivity index (χ3v) is 3.98. The molecule has 116 valence electrons. The number of piperidine rings is 1. The van der Waals surface area contributed by atoms with Crippen LogP contribution in [0.4, 0.5) is 4.79 Å². The largest absolute Gasteiger partial charge is 0.444 e. The van der Waals surface area contributed by atoms with E-state index in [0.29, 0.717) is 5.92 Å². The molecule has 3 heteroatoms.